The maximum atomic E-state index is 12.4. The SMILES string of the molecule is NC(=O)CN(C(=O)c1cnc(Cl)cn1)C1CCCC1. The molecular formula is C12H15ClN4O2. The summed E-state index contributed by atoms with van der Waals surface area (Å²) in [5, 5.41) is 0.221. The fourth-order valence-corrected chi connectivity index (χ4v) is 2.42. The van der Waals surface area contributed by atoms with Crippen molar-refractivity contribution in [2.75, 3.05) is 6.54 Å². The Morgan fingerprint density at radius 1 is 1.32 bits per heavy atom. The molecule has 0 unspecified atom stereocenters. The van der Waals surface area contributed by atoms with Crippen molar-refractivity contribution in [3.05, 3.63) is 23.2 Å². The topological polar surface area (TPSA) is 89.2 Å². The minimum Gasteiger partial charge on any atom is -0.368 e. The monoisotopic (exact) mass is 282 g/mol. The van der Waals surface area contributed by atoms with Crippen LogP contribution in [0.4, 0.5) is 0 Å². The average Bonchev–Trinajstić information content (AvgIpc) is 2.89. The number of aromatic nitrogens is 2. The number of halogens is 1. The number of amides is 2. The molecule has 0 radical (unpaired) electrons. The van der Waals surface area contributed by atoms with Gasteiger partial charge in [-0.05, 0) is 12.8 Å². The van der Waals surface area contributed by atoms with E-state index in [0.717, 1.165) is 25.7 Å². The van der Waals surface area contributed by atoms with Gasteiger partial charge in [0.15, 0.2) is 0 Å². The number of carbonyl (C=O) groups is 2. The fraction of sp³-hybridized carbons (Fsp3) is 0.500. The second kappa shape index (κ2) is 5.97. The predicted octanol–water partition coefficient (Wildman–Crippen LogP) is 1.00. The molecule has 0 saturated heterocycles. The van der Waals surface area contributed by atoms with Gasteiger partial charge in [-0.3, -0.25) is 9.59 Å². The lowest BCUT2D eigenvalue weighted by Crippen LogP contribution is -2.44. The van der Waals surface area contributed by atoms with Gasteiger partial charge < -0.3 is 10.6 Å². The summed E-state index contributed by atoms with van der Waals surface area (Å²) >= 11 is 5.63. The van der Waals surface area contributed by atoms with Gasteiger partial charge in [0.1, 0.15) is 10.8 Å². The van der Waals surface area contributed by atoms with E-state index in [1.807, 2.05) is 0 Å². The van der Waals surface area contributed by atoms with Crippen LogP contribution in [0.5, 0.6) is 0 Å². The quantitative estimate of drug-likeness (QED) is 0.892. The van der Waals surface area contributed by atoms with Gasteiger partial charge in [-0.25, -0.2) is 9.97 Å². The summed E-state index contributed by atoms with van der Waals surface area (Å²) in [5.41, 5.74) is 5.39. The first-order valence-corrected chi connectivity index (χ1v) is 6.52. The molecule has 1 aromatic heterocycles. The van der Waals surface area contributed by atoms with Crippen LogP contribution in [0.25, 0.3) is 0 Å². The molecule has 1 aromatic rings. The molecule has 102 valence electrons. The van der Waals surface area contributed by atoms with Crippen molar-refractivity contribution in [1.82, 2.24) is 14.9 Å². The van der Waals surface area contributed by atoms with Gasteiger partial charge >= 0.3 is 0 Å². The van der Waals surface area contributed by atoms with Crippen LogP contribution >= 0.6 is 11.6 Å². The van der Waals surface area contributed by atoms with Crippen molar-refractivity contribution < 1.29 is 9.59 Å². The average molecular weight is 283 g/mol. The molecule has 1 heterocycles. The molecule has 1 fully saturated rings. The molecule has 1 saturated carbocycles. The lowest BCUT2D eigenvalue weighted by Gasteiger charge is -2.27. The van der Waals surface area contributed by atoms with Crippen LogP contribution in [0.3, 0.4) is 0 Å². The molecule has 2 N–H and O–H groups in total. The molecule has 0 spiro atoms. The largest absolute Gasteiger partial charge is 0.368 e. The Kier molecular flexibility index (Phi) is 4.31. The molecule has 0 atom stereocenters. The van der Waals surface area contributed by atoms with Crippen LogP contribution in [-0.4, -0.2) is 39.3 Å². The van der Waals surface area contributed by atoms with Crippen LogP contribution in [-0.2, 0) is 4.79 Å². The Morgan fingerprint density at radius 3 is 2.53 bits per heavy atom. The Morgan fingerprint density at radius 2 is 2.00 bits per heavy atom. The number of carbonyl (C=O) groups excluding carboxylic acids is 2. The van der Waals surface area contributed by atoms with Crippen LogP contribution in [0.1, 0.15) is 36.2 Å². The third-order valence-corrected chi connectivity index (χ3v) is 3.39. The third-order valence-electron chi connectivity index (χ3n) is 3.19. The maximum Gasteiger partial charge on any atom is 0.274 e. The lowest BCUT2D eigenvalue weighted by atomic mass is 10.2. The Bertz CT molecular complexity index is 471. The molecule has 19 heavy (non-hydrogen) atoms. The van der Waals surface area contributed by atoms with E-state index < -0.39 is 5.91 Å². The van der Waals surface area contributed by atoms with Crippen molar-refractivity contribution in [3.8, 4) is 0 Å². The standard InChI is InChI=1S/C12H15ClN4O2/c13-10-6-15-9(5-16-10)12(19)17(7-11(14)18)8-3-1-2-4-8/h5-6,8H,1-4,7H2,(H2,14,18). The highest BCUT2D eigenvalue weighted by Gasteiger charge is 2.29. The minimum atomic E-state index is -0.526. The molecule has 7 heteroatoms. The van der Waals surface area contributed by atoms with Crippen molar-refractivity contribution >= 4 is 23.4 Å². The number of nitrogens with zero attached hydrogens (tertiary/aromatic N) is 3. The predicted molar refractivity (Wildman–Crippen MR) is 69.5 cm³/mol. The van der Waals surface area contributed by atoms with Crippen LogP contribution in [0.15, 0.2) is 12.4 Å². The summed E-state index contributed by atoms with van der Waals surface area (Å²) < 4.78 is 0. The number of hydrogen-bond acceptors (Lipinski definition) is 4. The summed E-state index contributed by atoms with van der Waals surface area (Å²) in [6.45, 7) is -0.0895. The van der Waals surface area contributed by atoms with Crippen molar-refractivity contribution in [2.24, 2.45) is 5.73 Å². The van der Waals surface area contributed by atoms with Crippen molar-refractivity contribution in [3.63, 3.8) is 0 Å². The summed E-state index contributed by atoms with van der Waals surface area (Å²) in [5.74, 6) is -0.850. The van der Waals surface area contributed by atoms with Crippen LogP contribution in [0.2, 0.25) is 5.15 Å². The van der Waals surface area contributed by atoms with Gasteiger partial charge in [0.2, 0.25) is 5.91 Å². The number of nitrogens with two attached hydrogens (primary N) is 1. The first-order chi connectivity index (χ1) is 9.08. The summed E-state index contributed by atoms with van der Waals surface area (Å²) in [7, 11) is 0. The number of hydrogen-bond donors (Lipinski definition) is 1. The van der Waals surface area contributed by atoms with Gasteiger partial charge in [-0.2, -0.15) is 0 Å². The Labute approximate surface area is 116 Å². The summed E-state index contributed by atoms with van der Waals surface area (Å²) in [6, 6.07) is 0.0532. The molecule has 2 amide bonds. The molecule has 6 nitrogen and oxygen atoms in total. The summed E-state index contributed by atoms with van der Waals surface area (Å²) in [6.07, 6.45) is 6.51. The van der Waals surface area contributed by atoms with Crippen molar-refractivity contribution in [2.45, 2.75) is 31.7 Å². The zero-order valence-electron chi connectivity index (χ0n) is 10.4. The first-order valence-electron chi connectivity index (χ1n) is 6.14. The van der Waals surface area contributed by atoms with Crippen LogP contribution in [0, 0.1) is 0 Å². The lowest BCUT2D eigenvalue weighted by molar-refractivity contribution is -0.119. The molecule has 0 aromatic carbocycles. The Hall–Kier alpha value is -1.69. The zero-order chi connectivity index (χ0) is 13.8. The highest BCUT2D eigenvalue weighted by molar-refractivity contribution is 6.29. The molecule has 1 aliphatic rings. The van der Waals surface area contributed by atoms with Gasteiger partial charge in [0, 0.05) is 6.04 Å². The Balaban J connectivity index is 2.18. The van der Waals surface area contributed by atoms with Gasteiger partial charge in [-0.15, -0.1) is 0 Å². The highest BCUT2D eigenvalue weighted by atomic mass is 35.5. The van der Waals surface area contributed by atoms with E-state index in [4.69, 9.17) is 17.3 Å². The second-order valence-electron chi connectivity index (χ2n) is 4.56. The maximum absolute atomic E-state index is 12.4. The van der Waals surface area contributed by atoms with Gasteiger partial charge in [0.05, 0.1) is 18.9 Å². The minimum absolute atomic E-state index is 0.0532. The van der Waals surface area contributed by atoms with E-state index in [0.29, 0.717) is 0 Å². The molecular weight excluding hydrogens is 268 g/mol. The van der Waals surface area contributed by atoms with E-state index in [2.05, 4.69) is 9.97 Å². The normalized spacial score (nSPS) is 15.4. The first kappa shape index (κ1) is 13.7. The smallest absolute Gasteiger partial charge is 0.274 e. The van der Waals surface area contributed by atoms with E-state index >= 15 is 0 Å². The highest BCUT2D eigenvalue weighted by Crippen LogP contribution is 2.24. The molecule has 2 rings (SSSR count). The van der Waals surface area contributed by atoms with Crippen LogP contribution < -0.4 is 5.73 Å². The van der Waals surface area contributed by atoms with E-state index in [1.165, 1.54) is 17.3 Å². The van der Waals surface area contributed by atoms with Gasteiger partial charge in [-0.1, -0.05) is 24.4 Å². The van der Waals surface area contributed by atoms with E-state index in [9.17, 15) is 9.59 Å². The molecule has 0 aliphatic heterocycles. The number of primary amides is 1. The summed E-state index contributed by atoms with van der Waals surface area (Å²) in [4.78, 5) is 32.7. The zero-order valence-corrected chi connectivity index (χ0v) is 11.1. The van der Waals surface area contributed by atoms with Crippen molar-refractivity contribution in [1.29, 1.82) is 0 Å². The fourth-order valence-electron chi connectivity index (χ4n) is 2.32. The van der Waals surface area contributed by atoms with E-state index in [1.54, 1.807) is 0 Å². The van der Waals surface area contributed by atoms with Gasteiger partial charge in [0.25, 0.3) is 5.91 Å². The second-order valence-corrected chi connectivity index (χ2v) is 4.95. The number of rotatable bonds is 4. The third kappa shape index (κ3) is 3.41. The molecule has 0 bridgehead atoms. The molecule has 1 aliphatic carbocycles. The van der Waals surface area contributed by atoms with E-state index in [-0.39, 0.29) is 29.3 Å².